The summed E-state index contributed by atoms with van der Waals surface area (Å²) in [5, 5.41) is 84.0. The van der Waals surface area contributed by atoms with Gasteiger partial charge in [0.15, 0.2) is 12.6 Å². The van der Waals surface area contributed by atoms with Crippen LogP contribution in [0.3, 0.4) is 0 Å². The molecule has 7 rings (SSSR count). The number of rotatable bonds is 19. The van der Waals surface area contributed by atoms with Crippen LogP contribution in [0.1, 0.15) is 94.9 Å². The predicted molar refractivity (Wildman–Crippen MR) is 315 cm³/mol. The Hall–Kier alpha value is -3.93. The Bertz CT molecular complexity index is 2540. The fourth-order valence-electron chi connectivity index (χ4n) is 11.7. The highest BCUT2D eigenvalue weighted by atomic mass is 32.2. The molecule has 0 radical (unpaired) electrons. The number of nitrogens with one attached hydrogen (secondary N) is 7. The third kappa shape index (κ3) is 19.3. The second-order valence-electron chi connectivity index (χ2n) is 26.0. The molecule has 0 bridgehead atoms. The zero-order chi connectivity index (χ0) is 64.6. The number of likely N-dealkylation sites (N-methyl/N-ethyl adjacent to an activating group) is 4. The van der Waals surface area contributed by atoms with E-state index in [4.69, 9.17) is 53.1 Å². The quantitative estimate of drug-likeness (QED) is 0.0837. The molecule has 1 aromatic carbocycles. The molecule has 2 saturated heterocycles. The first-order chi connectivity index (χ1) is 40.6. The van der Waals surface area contributed by atoms with Crippen molar-refractivity contribution in [3.8, 4) is 0 Å². The van der Waals surface area contributed by atoms with Crippen LogP contribution in [0.4, 0.5) is 9.59 Å². The van der Waals surface area contributed by atoms with Gasteiger partial charge in [0.05, 0.1) is 73.6 Å². The molecule has 0 unspecified atom stereocenters. The van der Waals surface area contributed by atoms with Gasteiger partial charge in [0.2, 0.25) is 22.6 Å². The maximum Gasteiger partial charge on any atom is 0.408 e. The molecule has 22 atom stereocenters. The third-order valence-corrected chi connectivity index (χ3v) is 17.4. The summed E-state index contributed by atoms with van der Waals surface area (Å²) >= 11 is 0. The van der Waals surface area contributed by atoms with E-state index in [2.05, 4.69) is 36.6 Å². The van der Waals surface area contributed by atoms with Crippen LogP contribution >= 0.6 is 0 Å². The number of sulfonamides is 1. The molecule has 4 fully saturated rings. The lowest BCUT2D eigenvalue weighted by Gasteiger charge is -2.49. The Morgan fingerprint density at radius 2 is 1.01 bits per heavy atom. The number of hydrogen-bond acceptors (Lipinski definition) is 25. The summed E-state index contributed by atoms with van der Waals surface area (Å²) in [7, 11) is 2.69. The minimum absolute atomic E-state index is 0.0278. The molecular formula is C58H100N8O20S. The molecule has 29 heteroatoms. The van der Waals surface area contributed by atoms with E-state index in [1.165, 1.54) is 19.1 Å². The first-order valence-electron chi connectivity index (χ1n) is 29.8. The smallest absolute Gasteiger partial charge is 0.408 e. The van der Waals surface area contributed by atoms with E-state index in [1.807, 2.05) is 19.1 Å². The van der Waals surface area contributed by atoms with Crippen LogP contribution in [0.2, 0.25) is 0 Å². The number of alkyl carbamates (subject to hydrolysis) is 2. The molecule has 28 nitrogen and oxygen atoms in total. The number of hydrogen-bond donors (Lipinski definition) is 14. The van der Waals surface area contributed by atoms with Crippen molar-refractivity contribution in [2.24, 2.45) is 17.6 Å². The van der Waals surface area contributed by atoms with E-state index in [-0.39, 0.29) is 30.4 Å². The van der Waals surface area contributed by atoms with Gasteiger partial charge < -0.3 is 116 Å². The number of carbonyl (C=O) groups is 2. The zero-order valence-corrected chi connectivity index (χ0v) is 53.4. The van der Waals surface area contributed by atoms with Crippen molar-refractivity contribution in [1.29, 1.82) is 0 Å². The van der Waals surface area contributed by atoms with Crippen molar-refractivity contribution in [3.63, 3.8) is 0 Å². The number of carbonyl (C=O) groups excluding carboxylic acids is 2. The summed E-state index contributed by atoms with van der Waals surface area (Å²) in [6, 6.07) is 3.44. The molecule has 0 spiro atoms. The van der Waals surface area contributed by atoms with Crippen LogP contribution in [-0.4, -0.2) is 238 Å². The van der Waals surface area contributed by atoms with Crippen molar-refractivity contribution in [1.82, 2.24) is 36.6 Å². The van der Waals surface area contributed by atoms with E-state index in [9.17, 15) is 48.6 Å². The van der Waals surface area contributed by atoms with Gasteiger partial charge in [-0.1, -0.05) is 32.0 Å². The van der Waals surface area contributed by atoms with Crippen LogP contribution < -0.4 is 42.4 Å². The summed E-state index contributed by atoms with van der Waals surface area (Å²) in [4.78, 5) is 25.3. The van der Waals surface area contributed by atoms with Crippen LogP contribution in [0, 0.1) is 11.8 Å². The Kier molecular flexibility index (Phi) is 25.3. The fraction of sp³-hybridized carbons (Fsp3) is 0.793. The highest BCUT2D eigenvalue weighted by molar-refractivity contribution is 7.89. The number of ether oxygens (including phenoxy) is 10. The van der Waals surface area contributed by atoms with Gasteiger partial charge in [-0.25, -0.2) is 22.7 Å². The third-order valence-electron chi connectivity index (χ3n) is 15.9. The summed E-state index contributed by atoms with van der Waals surface area (Å²) in [6.45, 7) is 17.9. The molecule has 2 amide bonds. The van der Waals surface area contributed by atoms with Crippen LogP contribution in [0.5, 0.6) is 0 Å². The molecule has 2 saturated carbocycles. The van der Waals surface area contributed by atoms with Crippen molar-refractivity contribution >= 4 is 22.2 Å². The molecule has 15 N–H and O–H groups in total. The number of aliphatic hydroxyl groups is 6. The zero-order valence-electron chi connectivity index (χ0n) is 52.6. The summed E-state index contributed by atoms with van der Waals surface area (Å²) in [5.41, 5.74) is 2.23. The van der Waals surface area contributed by atoms with Crippen molar-refractivity contribution in [2.75, 3.05) is 54.5 Å². The van der Waals surface area contributed by atoms with Gasteiger partial charge in [-0.2, -0.15) is 0 Å². The Balaban J connectivity index is 0.000000284. The lowest BCUT2D eigenvalue weighted by molar-refractivity contribution is -0.306. The fourth-order valence-corrected chi connectivity index (χ4v) is 13.0. The van der Waals surface area contributed by atoms with Gasteiger partial charge in [-0.15, -0.1) is 0 Å². The summed E-state index contributed by atoms with van der Waals surface area (Å²) in [6.07, 6.45) is -9.79. The van der Waals surface area contributed by atoms with Crippen molar-refractivity contribution in [3.05, 3.63) is 54.0 Å². The SMILES string of the molecule is CNCC1=CC[C@@H](NC(=O)OC(C)(C)C)[C@@H](O[C@H]2[C@H](O)[C@@H](O[C@H]3OC[C@](C)(O)[C@H](NC)[C@H]3O)[C@H](N)C[C@@H]2C)O1.CNCC1=CC[C@@H](NC(=O)OC(C)(C)C)[C@@H](O[C@H]2[C@H](O)[C@@H](O[C@H]3OC[C@](C)(O)[C@H](NC)[C@H]3O)[C@H](NS(=O)(=O)c3ccccc3)C[C@@H]2C)O1. The highest BCUT2D eigenvalue weighted by Crippen LogP contribution is 2.38. The van der Waals surface area contributed by atoms with Gasteiger partial charge >= 0.3 is 12.2 Å². The lowest BCUT2D eigenvalue weighted by Crippen LogP contribution is -2.68. The minimum Gasteiger partial charge on any atom is -0.466 e. The molecule has 87 heavy (non-hydrogen) atoms. The average Bonchev–Trinajstić information content (AvgIpc) is 1.62. The Morgan fingerprint density at radius 1 is 0.609 bits per heavy atom. The van der Waals surface area contributed by atoms with Gasteiger partial charge in [0.1, 0.15) is 70.5 Å². The second kappa shape index (κ2) is 30.5. The Morgan fingerprint density at radius 3 is 1.43 bits per heavy atom. The average molecular weight is 1260 g/mol. The molecule has 4 aliphatic heterocycles. The van der Waals surface area contributed by atoms with E-state index >= 15 is 0 Å². The lowest BCUT2D eigenvalue weighted by atomic mass is 9.80. The van der Waals surface area contributed by atoms with E-state index < -0.39 is 161 Å². The monoisotopic (exact) mass is 1260 g/mol. The molecule has 0 aromatic heterocycles. The van der Waals surface area contributed by atoms with Crippen LogP contribution in [-0.2, 0) is 57.4 Å². The number of aliphatic hydroxyl groups excluding tert-OH is 4. The van der Waals surface area contributed by atoms with Crippen molar-refractivity contribution < 1.29 is 96.0 Å². The topological polar surface area (TPSA) is 392 Å². The van der Waals surface area contributed by atoms with Crippen LogP contribution in [0.15, 0.2) is 58.9 Å². The van der Waals surface area contributed by atoms with Crippen LogP contribution in [0.25, 0.3) is 0 Å². The maximum atomic E-state index is 13.5. The van der Waals surface area contributed by atoms with Gasteiger partial charge in [0, 0.05) is 6.04 Å². The second-order valence-corrected chi connectivity index (χ2v) is 27.7. The number of benzene rings is 1. The summed E-state index contributed by atoms with van der Waals surface area (Å²) in [5.74, 6) is 0.599. The van der Waals surface area contributed by atoms with E-state index in [0.29, 0.717) is 43.9 Å². The molecule has 4 heterocycles. The maximum absolute atomic E-state index is 13.5. The van der Waals surface area contributed by atoms with Gasteiger partial charge in [0.25, 0.3) is 0 Å². The number of amides is 2. The first-order valence-corrected chi connectivity index (χ1v) is 31.3. The van der Waals surface area contributed by atoms with E-state index in [1.54, 1.807) is 102 Å². The summed E-state index contributed by atoms with van der Waals surface area (Å²) < 4.78 is 89.0. The first kappa shape index (κ1) is 72.1. The standard InChI is InChI=1S/C32H52N4O11S.C26H48N4O9/c1-18-15-22(36-48(41,42)20-11-9-8-10-12-20)26(46-29-24(38)27(34-7)32(5,40)17-43-29)23(37)25(18)45-28-21(14-13-19(44-28)16-33-6)35-30(39)47-31(2,3)4;1-13-10-15(27)20(38-23-18(32)21(29-7)26(5,34)12-35-23)17(31)19(13)37-22-16(9-8-14(36-22)11-28-6)30-24(33)39-25(2,3)4/h8-13,18,21-29,33-34,36-38,40H,14-17H2,1-7H3,(H,35,39);8,13,15-23,28-29,31-32,34H,9-12,27H2,1-7H3,(H,30,33)/t18-,21+,22+,23-,24+,25+,26-,27+,28+,29+,32-;13-,15+,16+,17-,18+,19+,20-,21+,22+,23+,26-/m00/s1. The van der Waals surface area contributed by atoms with E-state index in [0.717, 1.165) is 0 Å². The minimum atomic E-state index is -4.06. The Labute approximate surface area is 511 Å². The molecular weight excluding hydrogens is 1160 g/mol. The van der Waals surface area contributed by atoms with Gasteiger partial charge in [-0.3, -0.25) is 0 Å². The van der Waals surface area contributed by atoms with Crippen molar-refractivity contribution in [2.45, 2.75) is 232 Å². The largest absolute Gasteiger partial charge is 0.466 e. The molecule has 2 aliphatic carbocycles. The normalized spacial score (nSPS) is 38.4. The molecule has 1 aromatic rings. The van der Waals surface area contributed by atoms with Gasteiger partial charge in [-0.05, 0) is 145 Å². The molecule has 498 valence electrons. The predicted octanol–water partition coefficient (Wildman–Crippen LogP) is -0.412. The number of nitrogens with two attached hydrogens (primary N) is 1. The molecule has 6 aliphatic rings. The highest BCUT2D eigenvalue weighted by Gasteiger charge is 2.54.